The molecule has 120 valence electrons. The summed E-state index contributed by atoms with van der Waals surface area (Å²) < 4.78 is 0. The van der Waals surface area contributed by atoms with Gasteiger partial charge in [0.25, 0.3) is 0 Å². The molecule has 0 fully saturated rings. The Bertz CT molecular complexity index is 537. The molecule has 9 heteroatoms. The Morgan fingerprint density at radius 2 is 1.82 bits per heavy atom. The highest BCUT2D eigenvalue weighted by molar-refractivity contribution is 6.30. The van der Waals surface area contributed by atoms with Gasteiger partial charge in [0.2, 0.25) is 5.91 Å². The van der Waals surface area contributed by atoms with E-state index in [0.29, 0.717) is 10.7 Å². The zero-order valence-corrected chi connectivity index (χ0v) is 12.9. The fraction of sp³-hybridized carbons (Fsp3) is 0.308. The van der Waals surface area contributed by atoms with Gasteiger partial charge in [0, 0.05) is 16.6 Å². The first-order valence-corrected chi connectivity index (χ1v) is 7.22. The van der Waals surface area contributed by atoms with Crippen LogP contribution in [0.15, 0.2) is 24.3 Å². The van der Waals surface area contributed by atoms with E-state index in [4.69, 9.17) is 28.3 Å². The molecule has 1 unspecified atom stereocenters. The SMILES string of the molecule is O=C(CNC(=O)Nc1ccc(Cl)cc1)NC(CCCl)C(=O)O. The highest BCUT2D eigenvalue weighted by Gasteiger charge is 2.19. The van der Waals surface area contributed by atoms with E-state index >= 15 is 0 Å². The van der Waals surface area contributed by atoms with Crippen molar-refractivity contribution < 1.29 is 19.5 Å². The second kappa shape index (κ2) is 9.11. The summed E-state index contributed by atoms with van der Waals surface area (Å²) >= 11 is 11.2. The van der Waals surface area contributed by atoms with Crippen LogP contribution in [-0.2, 0) is 9.59 Å². The number of benzene rings is 1. The molecule has 1 atom stereocenters. The van der Waals surface area contributed by atoms with E-state index in [0.717, 1.165) is 0 Å². The average molecular weight is 348 g/mol. The zero-order valence-electron chi connectivity index (χ0n) is 11.4. The monoisotopic (exact) mass is 347 g/mol. The van der Waals surface area contributed by atoms with Gasteiger partial charge in [0.15, 0.2) is 0 Å². The molecule has 1 aromatic carbocycles. The fourth-order valence-electron chi connectivity index (χ4n) is 1.48. The van der Waals surface area contributed by atoms with Crippen molar-refractivity contribution in [2.45, 2.75) is 12.5 Å². The number of amides is 3. The van der Waals surface area contributed by atoms with Crippen molar-refractivity contribution in [1.82, 2.24) is 10.6 Å². The van der Waals surface area contributed by atoms with Crippen molar-refractivity contribution in [2.75, 3.05) is 17.7 Å². The normalized spacial score (nSPS) is 11.4. The number of hydrogen-bond donors (Lipinski definition) is 4. The van der Waals surface area contributed by atoms with Crippen LogP contribution in [0.25, 0.3) is 0 Å². The van der Waals surface area contributed by atoms with Gasteiger partial charge in [0.05, 0.1) is 6.54 Å². The van der Waals surface area contributed by atoms with Crippen molar-refractivity contribution in [3.05, 3.63) is 29.3 Å². The quantitative estimate of drug-likeness (QED) is 0.562. The van der Waals surface area contributed by atoms with Gasteiger partial charge in [-0.15, -0.1) is 11.6 Å². The maximum Gasteiger partial charge on any atom is 0.326 e. The highest BCUT2D eigenvalue weighted by Crippen LogP contribution is 2.12. The van der Waals surface area contributed by atoms with Crippen LogP contribution in [0, 0.1) is 0 Å². The molecule has 7 nitrogen and oxygen atoms in total. The topological polar surface area (TPSA) is 108 Å². The molecule has 0 saturated heterocycles. The van der Waals surface area contributed by atoms with Crippen molar-refractivity contribution in [1.29, 1.82) is 0 Å². The van der Waals surface area contributed by atoms with Gasteiger partial charge in [-0.25, -0.2) is 9.59 Å². The lowest BCUT2D eigenvalue weighted by Gasteiger charge is -2.13. The maximum absolute atomic E-state index is 11.6. The molecule has 0 aliphatic heterocycles. The summed E-state index contributed by atoms with van der Waals surface area (Å²) in [6.45, 7) is -0.356. The van der Waals surface area contributed by atoms with Crippen LogP contribution in [0.5, 0.6) is 0 Å². The van der Waals surface area contributed by atoms with Crippen LogP contribution in [0.2, 0.25) is 5.02 Å². The van der Waals surface area contributed by atoms with E-state index in [-0.39, 0.29) is 18.8 Å². The minimum Gasteiger partial charge on any atom is -0.480 e. The van der Waals surface area contributed by atoms with Gasteiger partial charge < -0.3 is 21.1 Å². The molecule has 0 aliphatic rings. The lowest BCUT2D eigenvalue weighted by molar-refractivity contribution is -0.141. The first-order chi connectivity index (χ1) is 10.4. The summed E-state index contributed by atoms with van der Waals surface area (Å²) in [6.07, 6.45) is 0.0968. The largest absolute Gasteiger partial charge is 0.480 e. The molecule has 22 heavy (non-hydrogen) atoms. The predicted molar refractivity (Wildman–Crippen MR) is 83.4 cm³/mol. The summed E-state index contributed by atoms with van der Waals surface area (Å²) in [5, 5.41) is 16.5. The van der Waals surface area contributed by atoms with Gasteiger partial charge in [-0.05, 0) is 30.7 Å². The second-order valence-corrected chi connectivity index (χ2v) is 5.06. The summed E-state index contributed by atoms with van der Waals surface area (Å²) in [5.74, 6) is -1.70. The molecule has 1 aromatic rings. The molecule has 0 radical (unpaired) electrons. The Morgan fingerprint density at radius 1 is 1.18 bits per heavy atom. The van der Waals surface area contributed by atoms with Gasteiger partial charge >= 0.3 is 12.0 Å². The van der Waals surface area contributed by atoms with Crippen LogP contribution in [0.1, 0.15) is 6.42 Å². The molecule has 0 saturated carbocycles. The number of hydrogen-bond acceptors (Lipinski definition) is 3. The number of alkyl halides is 1. The molecule has 0 spiro atoms. The third-order valence-electron chi connectivity index (χ3n) is 2.54. The van der Waals surface area contributed by atoms with E-state index < -0.39 is 23.9 Å². The Hall–Kier alpha value is -1.99. The van der Waals surface area contributed by atoms with Crippen LogP contribution in [0.3, 0.4) is 0 Å². The number of anilines is 1. The van der Waals surface area contributed by atoms with Crippen molar-refractivity contribution >= 4 is 46.8 Å². The highest BCUT2D eigenvalue weighted by atomic mass is 35.5. The molecule has 0 bridgehead atoms. The minimum atomic E-state index is -1.18. The maximum atomic E-state index is 11.6. The fourth-order valence-corrected chi connectivity index (χ4v) is 1.83. The summed E-state index contributed by atoms with van der Waals surface area (Å²) in [7, 11) is 0. The summed E-state index contributed by atoms with van der Waals surface area (Å²) in [4.78, 5) is 34.0. The predicted octanol–water partition coefficient (Wildman–Crippen LogP) is 1.66. The molecule has 1 rings (SSSR count). The van der Waals surface area contributed by atoms with Gasteiger partial charge in [0.1, 0.15) is 6.04 Å². The van der Waals surface area contributed by atoms with E-state index in [1.165, 1.54) is 0 Å². The molecule has 0 heterocycles. The number of nitrogens with one attached hydrogen (secondary N) is 3. The van der Waals surface area contributed by atoms with Gasteiger partial charge in [-0.3, -0.25) is 4.79 Å². The van der Waals surface area contributed by atoms with Crippen molar-refractivity contribution in [3.63, 3.8) is 0 Å². The number of urea groups is 1. The number of carbonyl (C=O) groups excluding carboxylic acids is 2. The smallest absolute Gasteiger partial charge is 0.326 e. The van der Waals surface area contributed by atoms with E-state index in [9.17, 15) is 14.4 Å². The zero-order chi connectivity index (χ0) is 16.5. The van der Waals surface area contributed by atoms with Crippen molar-refractivity contribution in [2.24, 2.45) is 0 Å². The number of aliphatic carboxylic acids is 1. The Morgan fingerprint density at radius 3 is 2.36 bits per heavy atom. The molecule has 4 N–H and O–H groups in total. The van der Waals surface area contributed by atoms with Gasteiger partial charge in [-0.2, -0.15) is 0 Å². The molecule has 0 aliphatic carbocycles. The third-order valence-corrected chi connectivity index (χ3v) is 3.01. The molecular weight excluding hydrogens is 333 g/mol. The summed E-state index contributed by atoms with van der Waals surface area (Å²) in [6, 6.07) is 4.74. The first-order valence-electron chi connectivity index (χ1n) is 6.31. The van der Waals surface area contributed by atoms with Crippen LogP contribution >= 0.6 is 23.2 Å². The first kappa shape index (κ1) is 18.1. The van der Waals surface area contributed by atoms with Crippen LogP contribution < -0.4 is 16.0 Å². The molecule has 3 amide bonds. The lowest BCUT2D eigenvalue weighted by atomic mass is 10.2. The van der Waals surface area contributed by atoms with Gasteiger partial charge in [-0.1, -0.05) is 11.6 Å². The Labute approximate surface area is 137 Å². The van der Waals surface area contributed by atoms with Crippen LogP contribution in [0.4, 0.5) is 10.5 Å². The number of carboxylic acid groups (broad SMARTS) is 1. The Balaban J connectivity index is 2.38. The summed E-state index contributed by atoms with van der Waals surface area (Å²) in [5.41, 5.74) is 0.507. The lowest BCUT2D eigenvalue weighted by Crippen LogP contribution is -2.46. The number of carbonyl (C=O) groups is 3. The van der Waals surface area contributed by atoms with E-state index in [1.54, 1.807) is 24.3 Å². The van der Waals surface area contributed by atoms with E-state index in [2.05, 4.69) is 16.0 Å². The number of carboxylic acids is 1. The molecule has 0 aromatic heterocycles. The minimum absolute atomic E-state index is 0.0968. The third kappa shape index (κ3) is 6.64. The molecular formula is C13H15Cl2N3O4. The number of rotatable bonds is 7. The second-order valence-electron chi connectivity index (χ2n) is 4.25. The van der Waals surface area contributed by atoms with Crippen molar-refractivity contribution in [3.8, 4) is 0 Å². The van der Waals surface area contributed by atoms with Crippen LogP contribution in [-0.4, -0.2) is 41.5 Å². The standard InChI is InChI=1S/C13H15Cl2N3O4/c14-6-5-10(12(20)21)18-11(19)7-16-13(22)17-9-3-1-8(15)2-4-9/h1-4,10H,5-7H2,(H,18,19)(H,20,21)(H2,16,17,22). The van der Waals surface area contributed by atoms with E-state index in [1.807, 2.05) is 0 Å². The number of halogens is 2. The Kier molecular flexibility index (Phi) is 7.48. The average Bonchev–Trinajstić information content (AvgIpc) is 2.47.